The Kier molecular flexibility index (Phi) is 17.2. The zero-order valence-corrected chi connectivity index (χ0v) is 25.8. The van der Waals surface area contributed by atoms with Crippen LogP contribution in [-0.4, -0.2) is 62.0 Å². The average molecular weight is 538 g/mol. The van der Waals surface area contributed by atoms with Crippen molar-refractivity contribution in [2.45, 2.75) is 142 Å². The number of carboxylic acids is 1. The number of unbranched alkanes of at least 4 members (excludes halogenated alkanes) is 7. The van der Waals surface area contributed by atoms with Gasteiger partial charge in [0.2, 0.25) is 0 Å². The Bertz CT molecular complexity index is 612. The molecule has 0 aliphatic heterocycles. The van der Waals surface area contributed by atoms with Gasteiger partial charge < -0.3 is 19.5 Å². The highest BCUT2D eigenvalue weighted by Crippen LogP contribution is 2.54. The number of rotatable bonds is 26. The fraction of sp³-hybridized carbons (Fsp3) is 0.970. The highest BCUT2D eigenvalue weighted by Gasteiger charge is 2.44. The molecular formula is C33H63NO4. The lowest BCUT2D eigenvalue weighted by molar-refractivity contribution is -0.141. The predicted octanol–water partition coefficient (Wildman–Crippen LogP) is 8.20. The van der Waals surface area contributed by atoms with Crippen LogP contribution in [0.1, 0.15) is 130 Å². The van der Waals surface area contributed by atoms with Crippen LogP contribution in [0.4, 0.5) is 0 Å². The second-order valence-corrected chi connectivity index (χ2v) is 13.0. The third-order valence-electron chi connectivity index (χ3n) is 9.40. The second kappa shape index (κ2) is 19.4. The van der Waals surface area contributed by atoms with E-state index in [1.54, 1.807) is 19.8 Å². The molecule has 0 saturated heterocycles. The number of carbonyl (C=O) groups is 1. The minimum atomic E-state index is -0.721. The Morgan fingerprint density at radius 2 is 1.45 bits per heavy atom. The van der Waals surface area contributed by atoms with Gasteiger partial charge in [-0.1, -0.05) is 85.0 Å². The predicted molar refractivity (Wildman–Crippen MR) is 159 cm³/mol. The molecule has 38 heavy (non-hydrogen) atoms. The molecule has 7 atom stereocenters. The van der Waals surface area contributed by atoms with Gasteiger partial charge in [-0.15, -0.1) is 0 Å². The maximum atomic E-state index is 11.1. The summed E-state index contributed by atoms with van der Waals surface area (Å²) in [5.74, 6) is 3.36. The van der Waals surface area contributed by atoms with Gasteiger partial charge >= 0.3 is 5.97 Å². The summed E-state index contributed by atoms with van der Waals surface area (Å²) in [5, 5.41) is 9.09. The van der Waals surface area contributed by atoms with E-state index in [4.69, 9.17) is 14.6 Å². The fourth-order valence-electron chi connectivity index (χ4n) is 6.05. The first-order valence-electron chi connectivity index (χ1n) is 16.4. The summed E-state index contributed by atoms with van der Waals surface area (Å²) in [4.78, 5) is 13.2. The minimum absolute atomic E-state index is 0.121. The van der Waals surface area contributed by atoms with E-state index >= 15 is 0 Å². The fourth-order valence-corrected chi connectivity index (χ4v) is 6.05. The molecule has 2 aliphatic carbocycles. The maximum Gasteiger partial charge on any atom is 0.306 e. The van der Waals surface area contributed by atoms with E-state index in [-0.39, 0.29) is 18.1 Å². The van der Waals surface area contributed by atoms with E-state index in [9.17, 15) is 4.79 Å². The van der Waals surface area contributed by atoms with Crippen molar-refractivity contribution >= 4 is 5.97 Å². The number of nitrogens with zero attached hydrogens (tertiary/aromatic N) is 1. The van der Waals surface area contributed by atoms with E-state index in [0.29, 0.717) is 19.6 Å². The molecule has 0 bridgehead atoms. The molecule has 2 saturated carbocycles. The van der Waals surface area contributed by atoms with Crippen LogP contribution in [-0.2, 0) is 14.3 Å². The Morgan fingerprint density at radius 1 is 0.842 bits per heavy atom. The van der Waals surface area contributed by atoms with Crippen molar-refractivity contribution in [2.24, 2.45) is 29.6 Å². The Balaban J connectivity index is 1.39. The van der Waals surface area contributed by atoms with Crippen molar-refractivity contribution < 1.29 is 19.4 Å². The zero-order chi connectivity index (χ0) is 27.8. The molecule has 224 valence electrons. The van der Waals surface area contributed by atoms with Gasteiger partial charge in [0.25, 0.3) is 0 Å². The molecule has 1 N–H and O–H groups in total. The van der Waals surface area contributed by atoms with Crippen LogP contribution in [0.3, 0.4) is 0 Å². The Hall–Kier alpha value is -0.650. The number of ether oxygens (including phenoxy) is 2. The largest absolute Gasteiger partial charge is 0.481 e. The van der Waals surface area contributed by atoms with Crippen molar-refractivity contribution in [1.29, 1.82) is 0 Å². The van der Waals surface area contributed by atoms with Crippen LogP contribution in [0.15, 0.2) is 0 Å². The Morgan fingerprint density at radius 3 is 2.03 bits per heavy atom. The second-order valence-electron chi connectivity index (χ2n) is 13.0. The number of hydrogen-bond donors (Lipinski definition) is 1. The van der Waals surface area contributed by atoms with Gasteiger partial charge in [0.1, 0.15) is 0 Å². The summed E-state index contributed by atoms with van der Waals surface area (Å²) in [6.07, 6.45) is 22.4. The van der Waals surface area contributed by atoms with Gasteiger partial charge in [0.15, 0.2) is 0 Å². The molecule has 0 aromatic heterocycles. The summed E-state index contributed by atoms with van der Waals surface area (Å²) in [6, 6.07) is 0.235. The first-order valence-corrected chi connectivity index (χ1v) is 16.4. The molecule has 2 rings (SSSR count). The average Bonchev–Trinajstić information content (AvgIpc) is 3.81. The molecule has 0 radical (unpaired) electrons. The number of aliphatic carboxylic acids is 1. The molecular weight excluding hydrogens is 474 g/mol. The van der Waals surface area contributed by atoms with Crippen molar-refractivity contribution in [2.75, 3.05) is 33.9 Å². The topological polar surface area (TPSA) is 59.0 Å². The normalized spacial score (nSPS) is 24.9. The lowest BCUT2D eigenvalue weighted by Crippen LogP contribution is -2.38. The van der Waals surface area contributed by atoms with E-state index in [1.807, 2.05) is 0 Å². The van der Waals surface area contributed by atoms with Gasteiger partial charge in [-0.05, 0) is 82.7 Å². The molecule has 0 aromatic rings. The summed E-state index contributed by atoms with van der Waals surface area (Å²) >= 11 is 0. The molecule has 7 unspecified atom stereocenters. The van der Waals surface area contributed by atoms with E-state index in [0.717, 1.165) is 49.5 Å². The number of carboxylic acid groups (broad SMARTS) is 1. The molecule has 0 aromatic carbocycles. The monoisotopic (exact) mass is 537 g/mol. The van der Waals surface area contributed by atoms with E-state index in [1.165, 1.54) is 70.6 Å². The SMILES string of the molecule is CCCCCC1CC1CC1CC1CCCCCCCCOCC(COC(CC)CCC(C)C(=O)O)N(C)C. The van der Waals surface area contributed by atoms with Crippen molar-refractivity contribution in [1.82, 2.24) is 4.90 Å². The van der Waals surface area contributed by atoms with Crippen LogP contribution >= 0.6 is 0 Å². The van der Waals surface area contributed by atoms with Gasteiger partial charge in [-0.3, -0.25) is 4.79 Å². The van der Waals surface area contributed by atoms with E-state index < -0.39 is 5.97 Å². The molecule has 0 amide bonds. The highest BCUT2D eigenvalue weighted by molar-refractivity contribution is 5.69. The molecule has 2 fully saturated rings. The van der Waals surface area contributed by atoms with Gasteiger partial charge in [-0.2, -0.15) is 0 Å². The Labute approximate surface area is 235 Å². The van der Waals surface area contributed by atoms with Crippen LogP contribution in [0.5, 0.6) is 0 Å². The van der Waals surface area contributed by atoms with Crippen LogP contribution in [0.25, 0.3) is 0 Å². The molecule has 0 spiro atoms. The lowest BCUT2D eigenvalue weighted by Gasteiger charge is -2.27. The number of hydrogen-bond acceptors (Lipinski definition) is 4. The van der Waals surface area contributed by atoms with Crippen LogP contribution in [0, 0.1) is 29.6 Å². The quantitative estimate of drug-likeness (QED) is 0.113. The lowest BCUT2D eigenvalue weighted by atomic mass is 10.0. The van der Waals surface area contributed by atoms with Crippen molar-refractivity contribution in [3.8, 4) is 0 Å². The van der Waals surface area contributed by atoms with Crippen molar-refractivity contribution in [3.05, 3.63) is 0 Å². The summed E-state index contributed by atoms with van der Waals surface area (Å²) in [7, 11) is 4.15. The maximum absolute atomic E-state index is 11.1. The van der Waals surface area contributed by atoms with Crippen molar-refractivity contribution in [3.63, 3.8) is 0 Å². The minimum Gasteiger partial charge on any atom is -0.481 e. The molecule has 5 heteroatoms. The number of likely N-dealkylation sites (N-methyl/N-ethyl adjacent to an activating group) is 1. The standard InChI is InChI=1S/C33H63NO4/c1-6-8-13-16-27-21-29(27)23-30-22-28(30)17-14-11-9-10-12-15-20-37-24-31(34(4)5)25-38-32(7-2)19-18-26(3)33(35)36/h26-32H,6-25H2,1-5H3,(H,35,36). The summed E-state index contributed by atoms with van der Waals surface area (Å²) in [5.41, 5.74) is 0. The first kappa shape index (κ1) is 33.6. The van der Waals surface area contributed by atoms with Crippen LogP contribution < -0.4 is 0 Å². The van der Waals surface area contributed by atoms with Gasteiger partial charge in [-0.25, -0.2) is 0 Å². The molecule has 2 aliphatic rings. The zero-order valence-electron chi connectivity index (χ0n) is 25.8. The first-order chi connectivity index (χ1) is 18.3. The third kappa shape index (κ3) is 14.7. The van der Waals surface area contributed by atoms with Gasteiger partial charge in [0.05, 0.1) is 31.3 Å². The third-order valence-corrected chi connectivity index (χ3v) is 9.40. The molecule has 5 nitrogen and oxygen atoms in total. The highest BCUT2D eigenvalue weighted by atomic mass is 16.5. The summed E-state index contributed by atoms with van der Waals surface area (Å²) in [6.45, 7) is 8.36. The molecule has 0 heterocycles. The summed E-state index contributed by atoms with van der Waals surface area (Å²) < 4.78 is 12.1. The smallest absolute Gasteiger partial charge is 0.306 e. The van der Waals surface area contributed by atoms with Crippen LogP contribution in [0.2, 0.25) is 0 Å². The van der Waals surface area contributed by atoms with Gasteiger partial charge in [0, 0.05) is 6.61 Å². The van der Waals surface area contributed by atoms with E-state index in [2.05, 4.69) is 32.8 Å².